The first-order valence-electron chi connectivity index (χ1n) is 4.24. The highest BCUT2D eigenvalue weighted by molar-refractivity contribution is 6.63. The molecule has 1 amide bonds. The van der Waals surface area contributed by atoms with Crippen molar-refractivity contribution in [2.24, 2.45) is 4.99 Å². The highest BCUT2D eigenvalue weighted by Gasteiger charge is 2.17. The third-order valence-corrected chi connectivity index (χ3v) is 1.74. The van der Waals surface area contributed by atoms with Crippen LogP contribution in [0, 0.1) is 0 Å². The summed E-state index contributed by atoms with van der Waals surface area (Å²) in [6.45, 7) is 6.77. The molecule has 0 aliphatic rings. The number of carbonyl (C=O) groups excluding carboxylic acids is 1. The highest BCUT2D eigenvalue weighted by atomic mass is 16.2. The first-order valence-corrected chi connectivity index (χ1v) is 4.24. The normalized spacial score (nSPS) is 12.3. The van der Waals surface area contributed by atoms with Gasteiger partial charge in [-0.1, -0.05) is 24.2 Å². The second kappa shape index (κ2) is 6.15. The number of aliphatic imine (C=N–C) groups is 1. The Morgan fingerprint density at radius 1 is 1.57 bits per heavy atom. The molecule has 0 radical (unpaired) electrons. The number of allylic oxidation sites excluding steroid dienone is 3. The smallest absolute Gasteiger partial charge is 0.429 e. The molecule has 0 aromatic carbocycles. The molecule has 0 aliphatic carbocycles. The Bertz CT molecular complexity index is 285. The van der Waals surface area contributed by atoms with Crippen LogP contribution in [0.3, 0.4) is 0 Å². The Balaban J connectivity index is 4.33. The molecule has 4 nitrogen and oxygen atoms in total. The first kappa shape index (κ1) is 12.6. The summed E-state index contributed by atoms with van der Waals surface area (Å²) in [6.07, 6.45) is 3.18. The minimum atomic E-state index is -0.989. The molecule has 0 heterocycles. The number of hydrogen-bond donors (Lipinski definition) is 2. The summed E-state index contributed by atoms with van der Waals surface area (Å²) in [7, 11) is 0.533. The molecule has 0 spiro atoms. The van der Waals surface area contributed by atoms with Crippen molar-refractivity contribution in [3.63, 3.8) is 0 Å². The molecule has 0 bridgehead atoms. The van der Waals surface area contributed by atoms with E-state index in [1.807, 2.05) is 0 Å². The van der Waals surface area contributed by atoms with Gasteiger partial charge in [0.25, 0.3) is 5.91 Å². The SMILES string of the molecule is C=C/C=C(\C)B(O)NC(=O)/C(C)=N/C. The lowest BCUT2D eigenvalue weighted by Gasteiger charge is -2.08. The van der Waals surface area contributed by atoms with Crippen molar-refractivity contribution < 1.29 is 9.82 Å². The van der Waals surface area contributed by atoms with E-state index < -0.39 is 7.05 Å². The average Bonchev–Trinajstić information content (AvgIpc) is 2.16. The van der Waals surface area contributed by atoms with Gasteiger partial charge in [0, 0.05) is 7.05 Å². The molecule has 14 heavy (non-hydrogen) atoms. The number of amides is 1. The number of carbonyl (C=O) groups is 1. The van der Waals surface area contributed by atoms with Gasteiger partial charge in [0.15, 0.2) is 0 Å². The van der Waals surface area contributed by atoms with E-state index in [2.05, 4.69) is 16.8 Å². The summed E-state index contributed by atoms with van der Waals surface area (Å²) in [5.41, 5.74) is 0.952. The van der Waals surface area contributed by atoms with E-state index in [0.29, 0.717) is 11.2 Å². The molecule has 76 valence electrons. The lowest BCUT2D eigenvalue weighted by molar-refractivity contribution is -0.113. The fourth-order valence-corrected chi connectivity index (χ4v) is 0.721. The van der Waals surface area contributed by atoms with Crippen LogP contribution in [0.2, 0.25) is 0 Å². The summed E-state index contributed by atoms with van der Waals surface area (Å²) in [5, 5.41) is 11.8. The van der Waals surface area contributed by atoms with Crippen LogP contribution in [0.5, 0.6) is 0 Å². The Hall–Kier alpha value is -1.36. The van der Waals surface area contributed by atoms with E-state index in [-0.39, 0.29) is 5.91 Å². The van der Waals surface area contributed by atoms with Gasteiger partial charge in [0.05, 0.1) is 5.71 Å². The second-order valence-electron chi connectivity index (χ2n) is 2.83. The van der Waals surface area contributed by atoms with Gasteiger partial charge in [-0.3, -0.25) is 9.79 Å². The Morgan fingerprint density at radius 3 is 2.57 bits per heavy atom. The van der Waals surface area contributed by atoms with Crippen LogP contribution < -0.4 is 5.23 Å². The molecule has 0 saturated heterocycles. The summed E-state index contributed by atoms with van der Waals surface area (Å²) in [4.78, 5) is 14.9. The van der Waals surface area contributed by atoms with E-state index in [9.17, 15) is 9.82 Å². The zero-order chi connectivity index (χ0) is 11.1. The molecule has 0 unspecified atom stereocenters. The molecule has 0 fully saturated rings. The first-order chi connectivity index (χ1) is 6.52. The fourth-order valence-electron chi connectivity index (χ4n) is 0.721. The van der Waals surface area contributed by atoms with Crippen LogP contribution in [0.4, 0.5) is 0 Å². The molecule has 0 rings (SSSR count). The standard InChI is InChI=1S/C9H15BN2O2/c1-5-6-7(2)10(14)12-9(13)8(3)11-4/h5-6,14H,1H2,2-4H3,(H,12,13)/b7-6+,11-8+. The van der Waals surface area contributed by atoms with E-state index >= 15 is 0 Å². The molecular weight excluding hydrogens is 179 g/mol. The van der Waals surface area contributed by atoms with Crippen LogP contribution >= 0.6 is 0 Å². The third kappa shape index (κ3) is 4.05. The van der Waals surface area contributed by atoms with Crippen molar-refractivity contribution >= 4 is 18.7 Å². The molecule has 0 atom stereocenters. The number of hydrogen-bond acceptors (Lipinski definition) is 3. The maximum absolute atomic E-state index is 11.2. The molecular formula is C9H15BN2O2. The second-order valence-corrected chi connectivity index (χ2v) is 2.83. The highest BCUT2D eigenvalue weighted by Crippen LogP contribution is 1.94. The Kier molecular flexibility index (Phi) is 5.56. The van der Waals surface area contributed by atoms with Gasteiger partial charge in [0.1, 0.15) is 0 Å². The molecule has 0 saturated carbocycles. The maximum atomic E-state index is 11.2. The van der Waals surface area contributed by atoms with Crippen LogP contribution in [-0.4, -0.2) is 30.7 Å². The van der Waals surface area contributed by atoms with Gasteiger partial charge in [-0.05, 0) is 13.8 Å². The van der Waals surface area contributed by atoms with Crippen molar-refractivity contribution in [1.29, 1.82) is 0 Å². The van der Waals surface area contributed by atoms with Gasteiger partial charge in [-0.2, -0.15) is 0 Å². The van der Waals surface area contributed by atoms with Crippen molar-refractivity contribution in [3.05, 3.63) is 24.2 Å². The monoisotopic (exact) mass is 194 g/mol. The fraction of sp³-hybridized carbons (Fsp3) is 0.333. The van der Waals surface area contributed by atoms with Gasteiger partial charge in [0.2, 0.25) is 0 Å². The Labute approximate surface area is 84.6 Å². The molecule has 0 aliphatic heterocycles. The zero-order valence-corrected chi connectivity index (χ0v) is 8.74. The average molecular weight is 194 g/mol. The lowest BCUT2D eigenvalue weighted by Crippen LogP contribution is -2.43. The van der Waals surface area contributed by atoms with Crippen molar-refractivity contribution in [2.45, 2.75) is 13.8 Å². The van der Waals surface area contributed by atoms with Crippen molar-refractivity contribution in [3.8, 4) is 0 Å². The molecule has 0 aromatic rings. The summed E-state index contributed by atoms with van der Waals surface area (Å²) >= 11 is 0. The van der Waals surface area contributed by atoms with E-state index in [0.717, 1.165) is 0 Å². The minimum Gasteiger partial charge on any atom is -0.429 e. The van der Waals surface area contributed by atoms with E-state index in [1.54, 1.807) is 26.0 Å². The van der Waals surface area contributed by atoms with Gasteiger partial charge >= 0.3 is 7.05 Å². The van der Waals surface area contributed by atoms with Crippen LogP contribution in [-0.2, 0) is 4.79 Å². The van der Waals surface area contributed by atoms with Crippen LogP contribution in [0.15, 0.2) is 29.2 Å². The van der Waals surface area contributed by atoms with E-state index in [1.165, 1.54) is 7.05 Å². The topological polar surface area (TPSA) is 61.7 Å². The number of rotatable bonds is 4. The predicted octanol–water partition coefficient (Wildman–Crippen LogP) is 0.345. The van der Waals surface area contributed by atoms with E-state index in [4.69, 9.17) is 0 Å². The minimum absolute atomic E-state index is 0.329. The zero-order valence-electron chi connectivity index (χ0n) is 8.74. The van der Waals surface area contributed by atoms with Gasteiger partial charge in [-0.15, -0.1) is 0 Å². The lowest BCUT2D eigenvalue weighted by atomic mass is 9.74. The largest absolute Gasteiger partial charge is 0.444 e. The molecule has 5 heteroatoms. The predicted molar refractivity (Wildman–Crippen MR) is 59.1 cm³/mol. The summed E-state index contributed by atoms with van der Waals surface area (Å²) < 4.78 is 0. The van der Waals surface area contributed by atoms with Crippen molar-refractivity contribution in [1.82, 2.24) is 5.23 Å². The Morgan fingerprint density at radius 2 is 2.14 bits per heavy atom. The van der Waals surface area contributed by atoms with Crippen LogP contribution in [0.1, 0.15) is 13.8 Å². The third-order valence-electron chi connectivity index (χ3n) is 1.74. The van der Waals surface area contributed by atoms with Gasteiger partial charge < -0.3 is 10.3 Å². The number of nitrogens with one attached hydrogen (secondary N) is 1. The summed E-state index contributed by atoms with van der Waals surface area (Å²) in [5.74, 6) is -0.378. The summed E-state index contributed by atoms with van der Waals surface area (Å²) in [6, 6.07) is 0. The maximum Gasteiger partial charge on any atom is 0.444 e. The molecule has 2 N–H and O–H groups in total. The molecule has 0 aromatic heterocycles. The van der Waals surface area contributed by atoms with Crippen molar-refractivity contribution in [2.75, 3.05) is 7.05 Å². The number of nitrogens with zero attached hydrogens (tertiary/aromatic N) is 1. The quantitative estimate of drug-likeness (QED) is 0.385. The van der Waals surface area contributed by atoms with Gasteiger partial charge in [-0.25, -0.2) is 0 Å². The van der Waals surface area contributed by atoms with Crippen LogP contribution in [0.25, 0.3) is 0 Å².